The summed E-state index contributed by atoms with van der Waals surface area (Å²) in [5.74, 6) is -1.76. The van der Waals surface area contributed by atoms with Crippen molar-refractivity contribution in [2.45, 2.75) is 51.0 Å². The van der Waals surface area contributed by atoms with E-state index in [-0.39, 0.29) is 19.1 Å². The smallest absolute Gasteiger partial charge is 0.338 e. The first-order valence-corrected chi connectivity index (χ1v) is 8.62. The minimum absolute atomic E-state index is 0.0140. The van der Waals surface area contributed by atoms with E-state index >= 15 is 0 Å². The third kappa shape index (κ3) is 3.12. The standard InChI is InChI=1S/C18H25NO6/c1-4-11-7-10(2)18(3,23)17(22)24-9-12-5-6-19-8-13(20)15(14(12)19)25-16(11)21/h4-5,10,13-15,20,23H,6-9H2,1-3H3/b11-4-/t10-,13-,14+,15-,18-/m1/s1. The largest absolute Gasteiger partial charge is 0.459 e. The Hall–Kier alpha value is -1.70. The minimum atomic E-state index is -1.71. The van der Waals surface area contributed by atoms with Crippen molar-refractivity contribution in [1.29, 1.82) is 0 Å². The van der Waals surface area contributed by atoms with Gasteiger partial charge in [-0.25, -0.2) is 9.59 Å². The molecule has 0 radical (unpaired) electrons. The van der Waals surface area contributed by atoms with E-state index < -0.39 is 35.7 Å². The van der Waals surface area contributed by atoms with Crippen LogP contribution in [-0.2, 0) is 19.1 Å². The fraction of sp³-hybridized carbons (Fsp3) is 0.667. The number of ether oxygens (including phenoxy) is 2. The highest BCUT2D eigenvalue weighted by Crippen LogP contribution is 2.34. The van der Waals surface area contributed by atoms with E-state index in [9.17, 15) is 19.8 Å². The number of rotatable bonds is 0. The summed E-state index contributed by atoms with van der Waals surface area (Å²) < 4.78 is 11.0. The van der Waals surface area contributed by atoms with Gasteiger partial charge in [0.05, 0.1) is 6.04 Å². The molecule has 0 aliphatic carbocycles. The van der Waals surface area contributed by atoms with Crippen LogP contribution in [-0.4, -0.2) is 70.6 Å². The lowest BCUT2D eigenvalue weighted by atomic mass is 9.85. The Bertz CT molecular complexity index is 637. The zero-order chi connectivity index (χ0) is 18.4. The Morgan fingerprint density at radius 1 is 1.40 bits per heavy atom. The summed E-state index contributed by atoms with van der Waals surface area (Å²) in [6.07, 6.45) is 2.25. The first-order valence-electron chi connectivity index (χ1n) is 8.62. The summed E-state index contributed by atoms with van der Waals surface area (Å²) in [6, 6.07) is -0.299. The molecule has 7 nitrogen and oxygen atoms in total. The van der Waals surface area contributed by atoms with Crippen molar-refractivity contribution < 1.29 is 29.3 Å². The van der Waals surface area contributed by atoms with E-state index in [2.05, 4.69) is 0 Å². The lowest BCUT2D eigenvalue weighted by Crippen LogP contribution is -2.45. The van der Waals surface area contributed by atoms with Crippen molar-refractivity contribution in [2.24, 2.45) is 5.92 Å². The molecule has 3 aliphatic heterocycles. The van der Waals surface area contributed by atoms with Crippen LogP contribution >= 0.6 is 0 Å². The quantitative estimate of drug-likeness (QED) is 0.365. The molecule has 0 spiro atoms. The molecule has 7 heteroatoms. The molecule has 5 atom stereocenters. The lowest BCUT2D eigenvalue weighted by molar-refractivity contribution is -0.169. The van der Waals surface area contributed by atoms with Crippen LogP contribution in [0.1, 0.15) is 27.2 Å². The molecule has 138 valence electrons. The molecule has 0 aromatic heterocycles. The Morgan fingerprint density at radius 2 is 2.12 bits per heavy atom. The van der Waals surface area contributed by atoms with Crippen LogP contribution in [0.2, 0.25) is 0 Å². The molecule has 2 fully saturated rings. The topological polar surface area (TPSA) is 96.3 Å². The fourth-order valence-corrected chi connectivity index (χ4v) is 3.70. The summed E-state index contributed by atoms with van der Waals surface area (Å²) >= 11 is 0. The predicted octanol–water partition coefficient (Wildman–Crippen LogP) is 0.164. The zero-order valence-electron chi connectivity index (χ0n) is 14.8. The molecule has 3 heterocycles. The van der Waals surface area contributed by atoms with Crippen molar-refractivity contribution in [2.75, 3.05) is 19.7 Å². The van der Waals surface area contributed by atoms with Gasteiger partial charge in [0.2, 0.25) is 0 Å². The molecule has 3 aliphatic rings. The molecule has 3 rings (SSSR count). The molecule has 2 N–H and O–H groups in total. The van der Waals surface area contributed by atoms with Crippen LogP contribution in [0.5, 0.6) is 0 Å². The first kappa shape index (κ1) is 18.1. The molecule has 0 bridgehead atoms. The van der Waals surface area contributed by atoms with Crippen molar-refractivity contribution in [3.8, 4) is 0 Å². The average molecular weight is 351 g/mol. The Labute approximate surface area is 146 Å². The second-order valence-electron chi connectivity index (χ2n) is 7.26. The van der Waals surface area contributed by atoms with Crippen molar-refractivity contribution >= 4 is 11.9 Å². The van der Waals surface area contributed by atoms with Crippen LogP contribution < -0.4 is 0 Å². The normalized spacial score (nSPS) is 41.5. The third-order valence-corrected chi connectivity index (χ3v) is 5.60. The minimum Gasteiger partial charge on any atom is -0.459 e. The number of carbonyl (C=O) groups excluding carboxylic acids is 2. The van der Waals surface area contributed by atoms with E-state index in [4.69, 9.17) is 9.47 Å². The second-order valence-corrected chi connectivity index (χ2v) is 7.26. The molecule has 0 unspecified atom stereocenters. The van der Waals surface area contributed by atoms with Gasteiger partial charge < -0.3 is 19.7 Å². The van der Waals surface area contributed by atoms with Crippen molar-refractivity contribution in [3.63, 3.8) is 0 Å². The van der Waals surface area contributed by atoms with Crippen molar-refractivity contribution in [1.82, 2.24) is 4.90 Å². The van der Waals surface area contributed by atoms with E-state index in [0.717, 1.165) is 5.57 Å². The molecular formula is C18H25NO6. The van der Waals surface area contributed by atoms with Gasteiger partial charge in [0, 0.05) is 18.7 Å². The number of nitrogens with zero attached hydrogens (tertiary/aromatic N) is 1. The lowest BCUT2D eigenvalue weighted by Gasteiger charge is -2.31. The number of hydrogen-bond acceptors (Lipinski definition) is 7. The second kappa shape index (κ2) is 6.55. The maximum Gasteiger partial charge on any atom is 0.338 e. The van der Waals surface area contributed by atoms with Gasteiger partial charge >= 0.3 is 11.9 Å². The number of allylic oxidation sites excluding steroid dienone is 1. The van der Waals surface area contributed by atoms with Gasteiger partial charge in [-0.1, -0.05) is 19.1 Å². The number of aliphatic hydroxyl groups excluding tert-OH is 1. The number of carbonyl (C=O) groups is 2. The monoisotopic (exact) mass is 351 g/mol. The van der Waals surface area contributed by atoms with Gasteiger partial charge in [-0.3, -0.25) is 4.90 Å². The van der Waals surface area contributed by atoms with Gasteiger partial charge in [0.1, 0.15) is 18.8 Å². The Kier molecular flexibility index (Phi) is 4.74. The SMILES string of the molecule is C/C=C1/C[C@@H](C)[C@@](C)(O)C(=O)OCC2=CCN3C[C@@H](O)[C@@H](OC1=O)[C@H]23. The maximum absolute atomic E-state index is 12.6. The van der Waals surface area contributed by atoms with Crippen LogP contribution in [0.25, 0.3) is 0 Å². The van der Waals surface area contributed by atoms with Crippen molar-refractivity contribution in [3.05, 3.63) is 23.3 Å². The number of cyclic esters (lactones) is 1. The molecule has 0 saturated carbocycles. The summed E-state index contributed by atoms with van der Waals surface area (Å²) in [4.78, 5) is 26.9. The van der Waals surface area contributed by atoms with E-state index in [1.54, 1.807) is 19.9 Å². The fourth-order valence-electron chi connectivity index (χ4n) is 3.70. The number of esters is 2. The molecule has 25 heavy (non-hydrogen) atoms. The summed E-state index contributed by atoms with van der Waals surface area (Å²) in [5.41, 5.74) is -0.551. The van der Waals surface area contributed by atoms with Gasteiger partial charge in [-0.15, -0.1) is 0 Å². The third-order valence-electron chi connectivity index (χ3n) is 5.60. The van der Waals surface area contributed by atoms with E-state index in [1.165, 1.54) is 6.92 Å². The number of aliphatic hydroxyl groups is 2. The zero-order valence-corrected chi connectivity index (χ0v) is 14.8. The average Bonchev–Trinajstić information content (AvgIpc) is 3.08. The van der Waals surface area contributed by atoms with Gasteiger partial charge in [-0.2, -0.15) is 0 Å². The molecule has 0 aromatic carbocycles. The highest BCUT2D eigenvalue weighted by molar-refractivity contribution is 5.89. The first-order chi connectivity index (χ1) is 11.8. The predicted molar refractivity (Wildman–Crippen MR) is 88.5 cm³/mol. The van der Waals surface area contributed by atoms with E-state index in [1.807, 2.05) is 11.0 Å². The maximum atomic E-state index is 12.6. The van der Waals surface area contributed by atoms with Gasteiger partial charge in [-0.05, 0) is 31.8 Å². The van der Waals surface area contributed by atoms with Crippen LogP contribution in [0.4, 0.5) is 0 Å². The van der Waals surface area contributed by atoms with E-state index in [0.29, 0.717) is 18.7 Å². The molecule has 0 amide bonds. The highest BCUT2D eigenvalue weighted by atomic mass is 16.6. The summed E-state index contributed by atoms with van der Waals surface area (Å²) in [5, 5.41) is 20.9. The summed E-state index contributed by atoms with van der Waals surface area (Å²) in [7, 11) is 0. The highest BCUT2D eigenvalue weighted by Gasteiger charge is 2.49. The van der Waals surface area contributed by atoms with Crippen LogP contribution in [0.15, 0.2) is 23.3 Å². The Morgan fingerprint density at radius 3 is 2.80 bits per heavy atom. The summed E-state index contributed by atoms with van der Waals surface area (Å²) in [6.45, 7) is 5.82. The molecule has 0 aromatic rings. The van der Waals surface area contributed by atoms with Crippen LogP contribution in [0.3, 0.4) is 0 Å². The van der Waals surface area contributed by atoms with Gasteiger partial charge in [0.15, 0.2) is 5.60 Å². The van der Waals surface area contributed by atoms with Gasteiger partial charge in [0.25, 0.3) is 0 Å². The van der Waals surface area contributed by atoms with Crippen LogP contribution in [0, 0.1) is 5.92 Å². The Balaban J connectivity index is 1.94. The molecular weight excluding hydrogens is 326 g/mol. The molecule has 2 saturated heterocycles. The number of hydrogen-bond donors (Lipinski definition) is 2.